The number of primary amides is 1. The molecule has 3 heteroatoms. The van der Waals surface area contributed by atoms with E-state index in [-0.39, 0.29) is 5.91 Å². The van der Waals surface area contributed by atoms with Crippen LogP contribution in [0.4, 0.5) is 0 Å². The predicted octanol–water partition coefficient (Wildman–Crippen LogP) is 3.20. The molecule has 0 radical (unpaired) electrons. The quantitative estimate of drug-likeness (QED) is 0.855. The van der Waals surface area contributed by atoms with Crippen molar-refractivity contribution in [3.63, 3.8) is 0 Å². The van der Waals surface area contributed by atoms with Crippen LogP contribution in [0.25, 0.3) is 0 Å². The van der Waals surface area contributed by atoms with Crippen molar-refractivity contribution in [2.24, 2.45) is 5.73 Å². The molecule has 0 aliphatic heterocycles. The number of carbonyl (C=O) groups is 1. The summed E-state index contributed by atoms with van der Waals surface area (Å²) in [6.07, 6.45) is 0. The number of carbonyl (C=O) groups excluding carboxylic acids is 1. The first-order chi connectivity index (χ1) is 10.1. The molecule has 0 bridgehead atoms. The third-order valence-corrected chi connectivity index (χ3v) is 3.57. The summed E-state index contributed by atoms with van der Waals surface area (Å²) in [4.78, 5) is 11.4. The fraction of sp³-hybridized carbons (Fsp3) is 0.278. The summed E-state index contributed by atoms with van der Waals surface area (Å²) in [7, 11) is 0. The van der Waals surface area contributed by atoms with Gasteiger partial charge in [0.15, 0.2) is 0 Å². The van der Waals surface area contributed by atoms with Crippen molar-refractivity contribution in [2.75, 3.05) is 0 Å². The van der Waals surface area contributed by atoms with E-state index < -0.39 is 0 Å². The third-order valence-electron chi connectivity index (χ3n) is 3.57. The Morgan fingerprint density at radius 3 is 2.33 bits per heavy atom. The first kappa shape index (κ1) is 15.3. The fourth-order valence-electron chi connectivity index (χ4n) is 2.28. The van der Waals surface area contributed by atoms with Crippen molar-refractivity contribution in [1.82, 2.24) is 5.32 Å². The molecule has 0 aromatic heterocycles. The highest BCUT2D eigenvalue weighted by Crippen LogP contribution is 2.15. The Bertz CT molecular complexity index is 603. The van der Waals surface area contributed by atoms with Crippen molar-refractivity contribution in [1.29, 1.82) is 0 Å². The topological polar surface area (TPSA) is 55.1 Å². The Hall–Kier alpha value is -2.13. The SMILES string of the molecule is CC(C)c1ccc(CNCc2ccccc2C(N)=O)cc1. The van der Waals surface area contributed by atoms with E-state index in [1.165, 1.54) is 11.1 Å². The van der Waals surface area contributed by atoms with Crippen LogP contribution in [0.2, 0.25) is 0 Å². The number of benzene rings is 2. The Morgan fingerprint density at radius 1 is 1.05 bits per heavy atom. The predicted molar refractivity (Wildman–Crippen MR) is 86.0 cm³/mol. The molecule has 3 nitrogen and oxygen atoms in total. The van der Waals surface area contributed by atoms with Gasteiger partial charge in [-0.15, -0.1) is 0 Å². The second kappa shape index (κ2) is 7.04. The molecule has 0 saturated carbocycles. The smallest absolute Gasteiger partial charge is 0.249 e. The van der Waals surface area contributed by atoms with E-state index in [4.69, 9.17) is 5.73 Å². The number of hydrogen-bond acceptors (Lipinski definition) is 2. The van der Waals surface area contributed by atoms with Gasteiger partial charge in [-0.05, 0) is 28.7 Å². The summed E-state index contributed by atoms with van der Waals surface area (Å²) >= 11 is 0. The van der Waals surface area contributed by atoms with E-state index in [2.05, 4.69) is 43.4 Å². The molecule has 0 heterocycles. The second-order valence-electron chi connectivity index (χ2n) is 5.52. The third kappa shape index (κ3) is 4.17. The average Bonchev–Trinajstić information content (AvgIpc) is 2.48. The van der Waals surface area contributed by atoms with Gasteiger partial charge in [0.2, 0.25) is 5.91 Å². The first-order valence-electron chi connectivity index (χ1n) is 7.25. The highest BCUT2D eigenvalue weighted by atomic mass is 16.1. The van der Waals surface area contributed by atoms with Gasteiger partial charge < -0.3 is 11.1 Å². The van der Waals surface area contributed by atoms with Crippen LogP contribution < -0.4 is 11.1 Å². The Kier molecular flexibility index (Phi) is 5.12. The summed E-state index contributed by atoms with van der Waals surface area (Å²) in [5.41, 5.74) is 9.47. The van der Waals surface area contributed by atoms with Crippen LogP contribution in [0, 0.1) is 0 Å². The molecule has 3 N–H and O–H groups in total. The standard InChI is InChI=1S/C18H22N2O/c1-13(2)15-9-7-14(8-10-15)11-20-12-16-5-3-4-6-17(16)18(19)21/h3-10,13,20H,11-12H2,1-2H3,(H2,19,21). The summed E-state index contributed by atoms with van der Waals surface area (Å²) in [5, 5.41) is 3.35. The van der Waals surface area contributed by atoms with Crippen molar-refractivity contribution in [3.8, 4) is 0 Å². The van der Waals surface area contributed by atoms with E-state index in [1.54, 1.807) is 6.07 Å². The molecule has 2 aromatic carbocycles. The van der Waals surface area contributed by atoms with Gasteiger partial charge in [0, 0.05) is 18.7 Å². The molecule has 0 aliphatic rings. The normalized spacial score (nSPS) is 10.8. The molecule has 0 saturated heterocycles. The second-order valence-corrected chi connectivity index (χ2v) is 5.52. The van der Waals surface area contributed by atoms with Crippen LogP contribution in [0.15, 0.2) is 48.5 Å². The van der Waals surface area contributed by atoms with Crippen LogP contribution >= 0.6 is 0 Å². The summed E-state index contributed by atoms with van der Waals surface area (Å²) < 4.78 is 0. The Balaban J connectivity index is 1.94. The van der Waals surface area contributed by atoms with Crippen LogP contribution in [0.3, 0.4) is 0 Å². The van der Waals surface area contributed by atoms with E-state index in [0.717, 1.165) is 12.1 Å². The molecule has 1 amide bonds. The van der Waals surface area contributed by atoms with Gasteiger partial charge in [0.25, 0.3) is 0 Å². The maximum absolute atomic E-state index is 11.4. The zero-order valence-corrected chi connectivity index (χ0v) is 12.6. The monoisotopic (exact) mass is 282 g/mol. The van der Waals surface area contributed by atoms with Gasteiger partial charge >= 0.3 is 0 Å². The number of nitrogens with two attached hydrogens (primary N) is 1. The first-order valence-corrected chi connectivity index (χ1v) is 7.25. The summed E-state index contributed by atoms with van der Waals surface area (Å²) in [6, 6.07) is 16.0. The number of nitrogens with one attached hydrogen (secondary N) is 1. The molecule has 0 aliphatic carbocycles. The lowest BCUT2D eigenvalue weighted by Crippen LogP contribution is -2.18. The number of rotatable bonds is 6. The molecular weight excluding hydrogens is 260 g/mol. The van der Waals surface area contributed by atoms with Gasteiger partial charge in [-0.1, -0.05) is 56.3 Å². The molecule has 110 valence electrons. The molecule has 0 atom stereocenters. The maximum atomic E-state index is 11.4. The maximum Gasteiger partial charge on any atom is 0.249 e. The molecule has 2 rings (SSSR count). The minimum absolute atomic E-state index is 0.381. The fourth-order valence-corrected chi connectivity index (χ4v) is 2.28. The van der Waals surface area contributed by atoms with E-state index in [0.29, 0.717) is 18.0 Å². The minimum Gasteiger partial charge on any atom is -0.366 e. The van der Waals surface area contributed by atoms with Gasteiger partial charge in [-0.25, -0.2) is 0 Å². The lowest BCUT2D eigenvalue weighted by atomic mass is 10.0. The summed E-state index contributed by atoms with van der Waals surface area (Å²) in [5.74, 6) is 0.170. The van der Waals surface area contributed by atoms with Gasteiger partial charge in [0.1, 0.15) is 0 Å². The average molecular weight is 282 g/mol. The lowest BCUT2D eigenvalue weighted by molar-refractivity contribution is 0.0999. The molecule has 0 unspecified atom stereocenters. The number of hydrogen-bond donors (Lipinski definition) is 2. The zero-order chi connectivity index (χ0) is 15.2. The van der Waals surface area contributed by atoms with Gasteiger partial charge in [-0.2, -0.15) is 0 Å². The van der Waals surface area contributed by atoms with Crippen molar-refractivity contribution in [2.45, 2.75) is 32.9 Å². The van der Waals surface area contributed by atoms with E-state index in [9.17, 15) is 4.79 Å². The van der Waals surface area contributed by atoms with E-state index >= 15 is 0 Å². The molecular formula is C18H22N2O. The van der Waals surface area contributed by atoms with Crippen LogP contribution in [0.1, 0.15) is 46.8 Å². The molecule has 0 spiro atoms. The molecule has 2 aromatic rings. The Morgan fingerprint density at radius 2 is 1.71 bits per heavy atom. The number of amides is 1. The Labute approximate surface area is 126 Å². The highest BCUT2D eigenvalue weighted by molar-refractivity contribution is 5.94. The largest absolute Gasteiger partial charge is 0.366 e. The molecule has 21 heavy (non-hydrogen) atoms. The highest BCUT2D eigenvalue weighted by Gasteiger charge is 2.06. The van der Waals surface area contributed by atoms with Crippen molar-refractivity contribution >= 4 is 5.91 Å². The molecule has 0 fully saturated rings. The van der Waals surface area contributed by atoms with Crippen molar-refractivity contribution in [3.05, 3.63) is 70.8 Å². The van der Waals surface area contributed by atoms with Gasteiger partial charge in [-0.3, -0.25) is 4.79 Å². The zero-order valence-electron chi connectivity index (χ0n) is 12.6. The van der Waals surface area contributed by atoms with E-state index in [1.807, 2.05) is 18.2 Å². The van der Waals surface area contributed by atoms with Crippen molar-refractivity contribution < 1.29 is 4.79 Å². The van der Waals surface area contributed by atoms with Crippen LogP contribution in [-0.2, 0) is 13.1 Å². The minimum atomic E-state index is -0.381. The van der Waals surface area contributed by atoms with Gasteiger partial charge in [0.05, 0.1) is 0 Å². The van der Waals surface area contributed by atoms with Crippen LogP contribution in [0.5, 0.6) is 0 Å². The lowest BCUT2D eigenvalue weighted by Gasteiger charge is -2.10. The van der Waals surface area contributed by atoms with Crippen LogP contribution in [-0.4, -0.2) is 5.91 Å². The summed E-state index contributed by atoms with van der Waals surface area (Å²) in [6.45, 7) is 5.78.